The molecule has 0 spiro atoms. The summed E-state index contributed by atoms with van der Waals surface area (Å²) in [6.45, 7) is 0. The Morgan fingerprint density at radius 1 is 0.970 bits per heavy atom. The monoisotopic (exact) mass is 446 g/mol. The van der Waals surface area contributed by atoms with Crippen LogP contribution in [0.15, 0.2) is 75.9 Å². The molecule has 1 atom stereocenters. The maximum atomic E-state index is 13.0. The number of carbonyl (C=O) groups is 1. The van der Waals surface area contributed by atoms with E-state index < -0.39 is 23.1 Å². The summed E-state index contributed by atoms with van der Waals surface area (Å²) in [5, 5.41) is 21.3. The van der Waals surface area contributed by atoms with Crippen LogP contribution in [-0.4, -0.2) is 30.4 Å². The van der Waals surface area contributed by atoms with Crippen LogP contribution in [0.25, 0.3) is 22.3 Å². The Hall–Kier alpha value is -4.26. The predicted molar refractivity (Wildman–Crippen MR) is 123 cm³/mol. The summed E-state index contributed by atoms with van der Waals surface area (Å²) >= 11 is 0. The van der Waals surface area contributed by atoms with Crippen molar-refractivity contribution in [3.05, 3.63) is 88.1 Å². The second-order valence-corrected chi connectivity index (χ2v) is 7.45. The van der Waals surface area contributed by atoms with E-state index in [1.165, 1.54) is 20.3 Å². The highest BCUT2D eigenvalue weighted by atomic mass is 16.5. The van der Waals surface area contributed by atoms with E-state index in [2.05, 4.69) is 0 Å². The van der Waals surface area contributed by atoms with Crippen LogP contribution < -0.4 is 10.2 Å². The van der Waals surface area contributed by atoms with Gasteiger partial charge in [-0.3, -0.25) is 9.59 Å². The first kappa shape index (κ1) is 22.0. The molecule has 1 heterocycles. The molecule has 0 fully saturated rings. The number of ether oxygens (including phenoxy) is 2. The maximum Gasteiger partial charge on any atom is 0.306 e. The summed E-state index contributed by atoms with van der Waals surface area (Å²) in [5.74, 6) is -1.33. The first-order valence-corrected chi connectivity index (χ1v) is 10.2. The third-order valence-corrected chi connectivity index (χ3v) is 5.52. The molecule has 4 aromatic rings. The number of hydrogen-bond acceptors (Lipinski definition) is 7. The average molecular weight is 446 g/mol. The van der Waals surface area contributed by atoms with Gasteiger partial charge in [-0.1, -0.05) is 48.5 Å². The molecular formula is C26H22O7. The maximum absolute atomic E-state index is 13.0. The molecule has 0 saturated heterocycles. The van der Waals surface area contributed by atoms with Crippen LogP contribution >= 0.6 is 0 Å². The van der Waals surface area contributed by atoms with E-state index in [1.807, 2.05) is 6.07 Å². The smallest absolute Gasteiger partial charge is 0.306 e. The second-order valence-electron chi connectivity index (χ2n) is 7.45. The van der Waals surface area contributed by atoms with Gasteiger partial charge in [-0.2, -0.15) is 0 Å². The van der Waals surface area contributed by atoms with Gasteiger partial charge in [0.15, 0.2) is 5.43 Å². The van der Waals surface area contributed by atoms with Crippen molar-refractivity contribution in [3.8, 4) is 28.6 Å². The van der Waals surface area contributed by atoms with E-state index >= 15 is 0 Å². The van der Waals surface area contributed by atoms with Crippen LogP contribution in [0.2, 0.25) is 0 Å². The number of phenols is 2. The van der Waals surface area contributed by atoms with Crippen molar-refractivity contribution in [1.29, 1.82) is 0 Å². The fourth-order valence-corrected chi connectivity index (χ4v) is 3.97. The zero-order valence-electron chi connectivity index (χ0n) is 18.1. The molecule has 4 rings (SSSR count). The Balaban J connectivity index is 2.07. The summed E-state index contributed by atoms with van der Waals surface area (Å²) in [6, 6.07) is 18.4. The molecule has 0 amide bonds. The molecular weight excluding hydrogens is 424 g/mol. The van der Waals surface area contributed by atoms with Gasteiger partial charge in [0.1, 0.15) is 34.0 Å². The first-order valence-electron chi connectivity index (χ1n) is 10.2. The number of hydrogen-bond donors (Lipinski definition) is 2. The summed E-state index contributed by atoms with van der Waals surface area (Å²) in [6.07, 6.45) is -0.163. The van der Waals surface area contributed by atoms with Gasteiger partial charge in [-0.05, 0) is 6.07 Å². The zero-order valence-corrected chi connectivity index (χ0v) is 18.1. The SMILES string of the molecule is COC(=O)C[C@@H](c1ccccc1OC)c1c(O)cc(O)c2c(=O)cc(-c3ccccc3)oc12. The summed E-state index contributed by atoms with van der Waals surface area (Å²) in [5.41, 5.74) is 0.907. The van der Waals surface area contributed by atoms with Crippen molar-refractivity contribution >= 4 is 16.9 Å². The van der Waals surface area contributed by atoms with Crippen LogP contribution in [0.4, 0.5) is 0 Å². The van der Waals surface area contributed by atoms with Gasteiger partial charge in [0, 0.05) is 34.7 Å². The van der Waals surface area contributed by atoms with Crippen LogP contribution in [0.3, 0.4) is 0 Å². The lowest BCUT2D eigenvalue weighted by Crippen LogP contribution is -2.13. The molecule has 168 valence electrons. The summed E-state index contributed by atoms with van der Waals surface area (Å²) in [4.78, 5) is 25.4. The Morgan fingerprint density at radius 3 is 2.36 bits per heavy atom. The predicted octanol–water partition coefficient (Wildman–Crippen LogP) is 4.57. The number of carbonyl (C=O) groups excluding carboxylic acids is 1. The number of para-hydroxylation sites is 1. The molecule has 0 aliphatic carbocycles. The van der Waals surface area contributed by atoms with E-state index in [-0.39, 0.29) is 34.5 Å². The summed E-state index contributed by atoms with van der Waals surface area (Å²) < 4.78 is 16.5. The Bertz CT molecular complexity index is 1370. The topological polar surface area (TPSA) is 106 Å². The fraction of sp³-hybridized carbons (Fsp3) is 0.154. The molecule has 7 heteroatoms. The van der Waals surface area contributed by atoms with Crippen LogP contribution in [0, 0.1) is 0 Å². The average Bonchev–Trinajstić information content (AvgIpc) is 2.83. The Kier molecular flexibility index (Phi) is 6.04. The van der Waals surface area contributed by atoms with Gasteiger partial charge in [-0.15, -0.1) is 0 Å². The molecule has 3 aromatic carbocycles. The minimum atomic E-state index is -0.786. The minimum absolute atomic E-state index is 0.0151. The quantitative estimate of drug-likeness (QED) is 0.418. The number of rotatable bonds is 6. The zero-order chi connectivity index (χ0) is 23.5. The number of methoxy groups -OCH3 is 2. The molecule has 0 radical (unpaired) electrons. The van der Waals surface area contributed by atoms with Crippen molar-refractivity contribution in [2.45, 2.75) is 12.3 Å². The molecule has 0 bridgehead atoms. The van der Waals surface area contributed by atoms with Crippen molar-refractivity contribution in [2.75, 3.05) is 14.2 Å². The number of fused-ring (bicyclic) bond motifs is 1. The van der Waals surface area contributed by atoms with E-state index in [4.69, 9.17) is 13.9 Å². The molecule has 7 nitrogen and oxygen atoms in total. The van der Waals surface area contributed by atoms with Gasteiger partial charge in [-0.25, -0.2) is 0 Å². The standard InChI is InChI=1S/C26H22O7/c1-31-21-11-7-6-10-16(21)17(12-23(30)32-2)24-18(27)13-19(28)25-20(29)14-22(33-26(24)25)15-8-4-3-5-9-15/h3-11,13-14,17,27-28H,12H2,1-2H3/t17-/m0/s1. The highest BCUT2D eigenvalue weighted by Gasteiger charge is 2.30. The largest absolute Gasteiger partial charge is 0.507 e. The number of aromatic hydroxyl groups is 2. The molecule has 0 aliphatic heterocycles. The fourth-order valence-electron chi connectivity index (χ4n) is 3.97. The van der Waals surface area contributed by atoms with Crippen molar-refractivity contribution in [3.63, 3.8) is 0 Å². The van der Waals surface area contributed by atoms with Gasteiger partial charge in [0.05, 0.1) is 20.6 Å². The highest BCUT2D eigenvalue weighted by molar-refractivity contribution is 5.90. The van der Waals surface area contributed by atoms with Gasteiger partial charge >= 0.3 is 5.97 Å². The molecule has 0 aliphatic rings. The van der Waals surface area contributed by atoms with E-state index in [0.717, 1.165) is 6.07 Å². The molecule has 0 saturated carbocycles. The van der Waals surface area contributed by atoms with Crippen LogP contribution in [0.1, 0.15) is 23.5 Å². The van der Waals surface area contributed by atoms with Crippen LogP contribution in [-0.2, 0) is 9.53 Å². The van der Waals surface area contributed by atoms with Crippen molar-refractivity contribution in [1.82, 2.24) is 0 Å². The Morgan fingerprint density at radius 2 is 1.67 bits per heavy atom. The van der Waals surface area contributed by atoms with Gasteiger partial charge < -0.3 is 24.1 Å². The first-order chi connectivity index (χ1) is 15.9. The number of esters is 1. The lowest BCUT2D eigenvalue weighted by atomic mass is 9.86. The normalized spacial score (nSPS) is 11.8. The number of benzene rings is 3. The third-order valence-electron chi connectivity index (χ3n) is 5.52. The molecule has 1 aromatic heterocycles. The summed E-state index contributed by atoms with van der Waals surface area (Å²) in [7, 11) is 2.76. The molecule has 2 N–H and O–H groups in total. The molecule has 33 heavy (non-hydrogen) atoms. The minimum Gasteiger partial charge on any atom is -0.507 e. The van der Waals surface area contributed by atoms with Crippen molar-refractivity contribution in [2.24, 2.45) is 0 Å². The van der Waals surface area contributed by atoms with E-state index in [1.54, 1.807) is 48.5 Å². The third kappa shape index (κ3) is 4.13. The highest BCUT2D eigenvalue weighted by Crippen LogP contribution is 2.44. The van der Waals surface area contributed by atoms with Crippen molar-refractivity contribution < 1.29 is 28.9 Å². The number of phenolic OH excluding ortho intramolecular Hbond substituents is 2. The molecule has 0 unspecified atom stereocenters. The van der Waals surface area contributed by atoms with Gasteiger partial charge in [0.25, 0.3) is 0 Å². The van der Waals surface area contributed by atoms with E-state index in [0.29, 0.717) is 16.9 Å². The van der Waals surface area contributed by atoms with Crippen LogP contribution in [0.5, 0.6) is 17.2 Å². The lowest BCUT2D eigenvalue weighted by Gasteiger charge is -2.22. The van der Waals surface area contributed by atoms with E-state index in [9.17, 15) is 19.8 Å². The Labute approximate surface area is 189 Å². The lowest BCUT2D eigenvalue weighted by molar-refractivity contribution is -0.140. The van der Waals surface area contributed by atoms with Gasteiger partial charge in [0.2, 0.25) is 0 Å². The second kappa shape index (κ2) is 9.08.